The van der Waals surface area contributed by atoms with Gasteiger partial charge in [-0.15, -0.1) is 0 Å². The number of halogens is 3. The Balaban J connectivity index is 2.33. The van der Waals surface area contributed by atoms with Crippen LogP contribution in [0.2, 0.25) is 5.02 Å². The van der Waals surface area contributed by atoms with E-state index >= 15 is 0 Å². The first-order valence-electron chi connectivity index (χ1n) is 6.07. The molecule has 0 fully saturated rings. The molecule has 0 heterocycles. The molecule has 1 N–H and O–H groups in total. The smallest absolute Gasteiger partial charge is 0.132 e. The van der Waals surface area contributed by atoms with Crippen LogP contribution >= 0.6 is 27.5 Å². The van der Waals surface area contributed by atoms with Gasteiger partial charge in [-0.25, -0.2) is 4.39 Å². The van der Waals surface area contributed by atoms with Crippen LogP contribution in [0.1, 0.15) is 18.5 Å². The minimum absolute atomic E-state index is 0.263. The van der Waals surface area contributed by atoms with Crippen molar-refractivity contribution in [1.29, 1.82) is 0 Å². The van der Waals surface area contributed by atoms with Gasteiger partial charge in [0.1, 0.15) is 11.6 Å². The minimum Gasteiger partial charge on any atom is -0.496 e. The van der Waals surface area contributed by atoms with E-state index < -0.39 is 0 Å². The highest BCUT2D eigenvalue weighted by Crippen LogP contribution is 2.35. The van der Waals surface area contributed by atoms with Gasteiger partial charge in [0.25, 0.3) is 0 Å². The molecule has 1 unspecified atom stereocenters. The van der Waals surface area contributed by atoms with Gasteiger partial charge in [-0.2, -0.15) is 0 Å². The van der Waals surface area contributed by atoms with Crippen molar-refractivity contribution in [2.24, 2.45) is 0 Å². The van der Waals surface area contributed by atoms with Gasteiger partial charge in [-0.05, 0) is 47.1 Å². The molecule has 0 aromatic heterocycles. The summed E-state index contributed by atoms with van der Waals surface area (Å²) in [5.74, 6) is 0.214. The predicted molar refractivity (Wildman–Crippen MR) is 84.1 cm³/mol. The fourth-order valence-electron chi connectivity index (χ4n) is 2.04. The first-order valence-corrected chi connectivity index (χ1v) is 7.24. The van der Waals surface area contributed by atoms with Crippen molar-refractivity contribution >= 4 is 33.2 Å². The summed E-state index contributed by atoms with van der Waals surface area (Å²) in [5, 5.41) is 3.83. The van der Waals surface area contributed by atoms with E-state index in [0.717, 1.165) is 10.2 Å². The Hall–Kier alpha value is -1.26. The summed E-state index contributed by atoms with van der Waals surface area (Å²) in [6.45, 7) is 1.87. The van der Waals surface area contributed by atoms with Crippen molar-refractivity contribution < 1.29 is 9.13 Å². The molecule has 2 aromatic rings. The Morgan fingerprint density at radius 2 is 1.95 bits per heavy atom. The molecule has 2 nitrogen and oxygen atoms in total. The van der Waals surface area contributed by atoms with Crippen molar-refractivity contribution in [3.63, 3.8) is 0 Å². The SMILES string of the molecule is COc1cccc(F)c1C(C)Nc1cccc(Cl)c1Br. The van der Waals surface area contributed by atoms with Crippen LogP contribution in [0.25, 0.3) is 0 Å². The Labute approximate surface area is 131 Å². The average Bonchev–Trinajstić information content (AvgIpc) is 2.43. The fraction of sp³-hybridized carbons (Fsp3) is 0.200. The van der Waals surface area contributed by atoms with Gasteiger partial charge in [0, 0.05) is 0 Å². The van der Waals surface area contributed by atoms with Crippen LogP contribution in [0, 0.1) is 5.82 Å². The summed E-state index contributed by atoms with van der Waals surface area (Å²) >= 11 is 9.46. The molecule has 0 radical (unpaired) electrons. The molecule has 2 aromatic carbocycles. The minimum atomic E-state index is -0.303. The zero-order valence-corrected chi connectivity index (χ0v) is 13.4. The standard InChI is InChI=1S/C15H14BrClFNO/c1-9(14-11(18)6-4-8-13(14)20-2)19-12-7-3-5-10(17)15(12)16/h3-9,19H,1-2H3. The number of benzene rings is 2. The molecule has 0 saturated heterocycles. The van der Waals surface area contributed by atoms with Gasteiger partial charge in [0.2, 0.25) is 0 Å². The Morgan fingerprint density at radius 3 is 2.65 bits per heavy atom. The van der Waals surface area contributed by atoms with Crippen LogP contribution < -0.4 is 10.1 Å². The Kier molecular flexibility index (Phi) is 4.89. The number of hydrogen-bond acceptors (Lipinski definition) is 2. The van der Waals surface area contributed by atoms with Gasteiger partial charge >= 0.3 is 0 Å². The van der Waals surface area contributed by atoms with Crippen LogP contribution in [-0.2, 0) is 0 Å². The molecule has 0 bridgehead atoms. The van der Waals surface area contributed by atoms with E-state index in [2.05, 4.69) is 21.2 Å². The first-order chi connectivity index (χ1) is 9.54. The van der Waals surface area contributed by atoms with E-state index in [1.807, 2.05) is 19.1 Å². The average molecular weight is 359 g/mol. The van der Waals surface area contributed by atoms with E-state index in [1.54, 1.807) is 18.2 Å². The third kappa shape index (κ3) is 3.07. The van der Waals surface area contributed by atoms with Crippen LogP contribution in [0.5, 0.6) is 5.75 Å². The molecule has 0 amide bonds. The number of nitrogens with one attached hydrogen (secondary N) is 1. The molecular formula is C15H14BrClFNO. The highest BCUT2D eigenvalue weighted by Gasteiger charge is 2.17. The first kappa shape index (κ1) is 15.1. The van der Waals surface area contributed by atoms with Gasteiger partial charge in [-0.3, -0.25) is 0 Å². The maximum absolute atomic E-state index is 14.0. The van der Waals surface area contributed by atoms with Gasteiger partial charge in [0.05, 0.1) is 33.9 Å². The number of rotatable bonds is 4. The van der Waals surface area contributed by atoms with E-state index in [4.69, 9.17) is 16.3 Å². The summed E-state index contributed by atoms with van der Waals surface area (Å²) < 4.78 is 20.0. The van der Waals surface area contributed by atoms with Gasteiger partial charge in [0.15, 0.2) is 0 Å². The Morgan fingerprint density at radius 1 is 1.25 bits per heavy atom. The molecule has 1 atom stereocenters. The van der Waals surface area contributed by atoms with Crippen molar-refractivity contribution in [3.05, 3.63) is 57.3 Å². The largest absolute Gasteiger partial charge is 0.496 e. The molecule has 0 aliphatic carbocycles. The van der Waals surface area contributed by atoms with E-state index in [9.17, 15) is 4.39 Å². The Bertz CT molecular complexity index is 621. The maximum atomic E-state index is 14.0. The van der Waals surface area contributed by atoms with Crippen molar-refractivity contribution in [2.45, 2.75) is 13.0 Å². The summed E-state index contributed by atoms with van der Waals surface area (Å²) in [7, 11) is 1.53. The van der Waals surface area contributed by atoms with Crippen LogP contribution in [0.4, 0.5) is 10.1 Å². The third-order valence-electron chi connectivity index (χ3n) is 2.99. The summed E-state index contributed by atoms with van der Waals surface area (Å²) in [6, 6.07) is 10.0. The van der Waals surface area contributed by atoms with Crippen molar-refractivity contribution in [1.82, 2.24) is 0 Å². The lowest BCUT2D eigenvalue weighted by Gasteiger charge is -2.20. The molecule has 20 heavy (non-hydrogen) atoms. The zero-order valence-electron chi connectivity index (χ0n) is 11.1. The van der Waals surface area contributed by atoms with Gasteiger partial charge in [-0.1, -0.05) is 23.7 Å². The summed E-state index contributed by atoms with van der Waals surface area (Å²) in [4.78, 5) is 0. The second kappa shape index (κ2) is 6.46. The molecule has 2 rings (SSSR count). The van der Waals surface area contributed by atoms with Crippen LogP contribution in [0.3, 0.4) is 0 Å². The number of hydrogen-bond donors (Lipinski definition) is 1. The van der Waals surface area contributed by atoms with Crippen molar-refractivity contribution in [3.8, 4) is 5.75 Å². The monoisotopic (exact) mass is 357 g/mol. The van der Waals surface area contributed by atoms with Gasteiger partial charge < -0.3 is 10.1 Å². The highest BCUT2D eigenvalue weighted by atomic mass is 79.9. The van der Waals surface area contributed by atoms with Crippen molar-refractivity contribution in [2.75, 3.05) is 12.4 Å². The predicted octanol–water partition coefficient (Wildman–Crippen LogP) is 5.42. The molecule has 0 spiro atoms. The molecule has 106 valence electrons. The summed E-state index contributed by atoms with van der Waals surface area (Å²) in [5.41, 5.74) is 1.29. The molecule has 0 saturated carbocycles. The lowest BCUT2D eigenvalue weighted by atomic mass is 10.1. The number of anilines is 1. The second-order valence-electron chi connectivity index (χ2n) is 4.32. The van der Waals surface area contributed by atoms with E-state index in [-0.39, 0.29) is 11.9 Å². The van der Waals surface area contributed by atoms with Crippen LogP contribution in [-0.4, -0.2) is 7.11 Å². The maximum Gasteiger partial charge on any atom is 0.132 e. The molecular weight excluding hydrogens is 345 g/mol. The molecule has 5 heteroatoms. The highest BCUT2D eigenvalue weighted by molar-refractivity contribution is 9.10. The third-order valence-corrected chi connectivity index (χ3v) is 4.39. The number of ether oxygens (including phenoxy) is 1. The second-order valence-corrected chi connectivity index (χ2v) is 5.52. The van der Waals surface area contributed by atoms with E-state index in [0.29, 0.717) is 16.3 Å². The quantitative estimate of drug-likeness (QED) is 0.787. The zero-order chi connectivity index (χ0) is 14.7. The normalized spacial score (nSPS) is 12.1. The topological polar surface area (TPSA) is 21.3 Å². The molecule has 0 aliphatic rings. The van der Waals surface area contributed by atoms with E-state index in [1.165, 1.54) is 13.2 Å². The number of methoxy groups -OCH3 is 1. The fourth-order valence-corrected chi connectivity index (χ4v) is 2.59. The molecule has 0 aliphatic heterocycles. The summed E-state index contributed by atoms with van der Waals surface area (Å²) in [6.07, 6.45) is 0. The van der Waals surface area contributed by atoms with Crippen LogP contribution in [0.15, 0.2) is 40.9 Å². The lowest BCUT2D eigenvalue weighted by Crippen LogP contribution is -2.10. The lowest BCUT2D eigenvalue weighted by molar-refractivity contribution is 0.402.